The number of fused-ring (bicyclic) bond motifs is 1. The van der Waals surface area contributed by atoms with Crippen molar-refractivity contribution in [3.05, 3.63) is 101 Å². The second-order valence-corrected chi connectivity index (χ2v) is 9.29. The maximum absolute atomic E-state index is 13.6. The molecule has 0 radical (unpaired) electrons. The Kier molecular flexibility index (Phi) is 8.13. The van der Waals surface area contributed by atoms with E-state index in [1.54, 1.807) is 48.5 Å². The van der Waals surface area contributed by atoms with E-state index in [-0.39, 0.29) is 0 Å². The lowest BCUT2D eigenvalue weighted by atomic mass is 9.81. The first-order chi connectivity index (χ1) is 18.5. The molecule has 10 heteroatoms. The summed E-state index contributed by atoms with van der Waals surface area (Å²) in [5.74, 6) is -5.41. The first-order valence-electron chi connectivity index (χ1n) is 12.3. The van der Waals surface area contributed by atoms with Gasteiger partial charge in [-0.1, -0.05) is 78.9 Å². The van der Waals surface area contributed by atoms with Crippen molar-refractivity contribution < 1.29 is 27.6 Å². The number of carbonyl (C=O) groups is 3. The minimum Gasteiger partial charge on any atom is -0.369 e. The van der Waals surface area contributed by atoms with Crippen molar-refractivity contribution in [2.75, 3.05) is 5.32 Å². The number of benzene rings is 3. The minimum atomic E-state index is -4.57. The second-order valence-electron chi connectivity index (χ2n) is 9.29. The van der Waals surface area contributed by atoms with Crippen molar-refractivity contribution in [3.63, 3.8) is 0 Å². The Morgan fingerprint density at radius 2 is 1.64 bits per heavy atom. The van der Waals surface area contributed by atoms with Gasteiger partial charge in [-0.25, -0.2) is 4.99 Å². The number of rotatable bonds is 8. The smallest absolute Gasteiger partial charge is 0.369 e. The number of carbonyl (C=O) groups excluding carboxylic acids is 3. The molecular formula is C29H27F3N4O3. The molecule has 3 aromatic rings. The highest BCUT2D eigenvalue weighted by Crippen LogP contribution is 2.33. The molecule has 1 aliphatic rings. The molecule has 0 aromatic heterocycles. The molecule has 4 rings (SSSR count). The third kappa shape index (κ3) is 6.51. The van der Waals surface area contributed by atoms with Gasteiger partial charge in [-0.3, -0.25) is 14.4 Å². The number of halogens is 3. The van der Waals surface area contributed by atoms with Crippen LogP contribution in [0.15, 0.2) is 83.9 Å². The van der Waals surface area contributed by atoms with Crippen LogP contribution < -0.4 is 16.4 Å². The number of amides is 3. The Bertz CT molecular complexity index is 1390. The van der Waals surface area contributed by atoms with E-state index in [0.29, 0.717) is 28.1 Å². The predicted molar refractivity (Wildman–Crippen MR) is 141 cm³/mol. The molecule has 3 atom stereocenters. The summed E-state index contributed by atoms with van der Waals surface area (Å²) in [5, 5.41) is 5.28. The second kappa shape index (κ2) is 11.5. The van der Waals surface area contributed by atoms with Crippen LogP contribution in [-0.2, 0) is 14.4 Å². The summed E-state index contributed by atoms with van der Waals surface area (Å²) in [5.41, 5.74) is 8.88. The Labute approximate surface area is 223 Å². The van der Waals surface area contributed by atoms with E-state index in [1.165, 1.54) is 12.1 Å². The number of benzodiazepines with no additional fused rings is 1. The molecular weight excluding hydrogens is 509 g/mol. The molecule has 4 N–H and O–H groups in total. The number of aliphatic imine (C=N–C) groups is 1. The van der Waals surface area contributed by atoms with Crippen molar-refractivity contribution in [2.45, 2.75) is 38.0 Å². The molecule has 1 aliphatic heterocycles. The van der Waals surface area contributed by atoms with Gasteiger partial charge in [-0.15, -0.1) is 0 Å². The lowest BCUT2D eigenvalue weighted by Crippen LogP contribution is -2.47. The van der Waals surface area contributed by atoms with Gasteiger partial charge < -0.3 is 16.4 Å². The van der Waals surface area contributed by atoms with Gasteiger partial charge in [0.2, 0.25) is 18.0 Å². The quantitative estimate of drug-likeness (QED) is 0.395. The molecule has 1 heterocycles. The molecule has 0 unspecified atom stereocenters. The minimum absolute atomic E-state index is 0.300. The van der Waals surface area contributed by atoms with E-state index in [2.05, 4.69) is 15.6 Å². The molecule has 202 valence electrons. The van der Waals surface area contributed by atoms with Gasteiger partial charge in [0.15, 0.2) is 0 Å². The van der Waals surface area contributed by atoms with Crippen LogP contribution in [0.1, 0.15) is 41.0 Å². The van der Waals surface area contributed by atoms with Gasteiger partial charge in [0.05, 0.1) is 23.2 Å². The lowest BCUT2D eigenvalue weighted by molar-refractivity contribution is -0.144. The van der Waals surface area contributed by atoms with E-state index in [9.17, 15) is 27.6 Å². The fourth-order valence-electron chi connectivity index (χ4n) is 4.67. The Balaban J connectivity index is 1.73. The van der Waals surface area contributed by atoms with Gasteiger partial charge in [0, 0.05) is 17.5 Å². The van der Waals surface area contributed by atoms with Crippen LogP contribution in [0, 0.1) is 12.8 Å². The summed E-state index contributed by atoms with van der Waals surface area (Å²) in [6, 6.07) is 22.3. The van der Waals surface area contributed by atoms with E-state index < -0.39 is 54.7 Å². The standard InChI is InChI=1S/C29H27F3N4O3/c1-17-9-8-14-21-23(17)35-28(39)26(34-24(21)19-12-6-3-7-13-19)36-27(38)20(15-16-29(30,31)32)22(25(33)37)18-10-4-2-5-11-18/h2-14,20,22,26H,15-16H2,1H3,(H2,33,37)(H,35,39)(H,36,38)/t20-,22+,26-/m1/s1. The largest absolute Gasteiger partial charge is 0.389 e. The fourth-order valence-corrected chi connectivity index (χ4v) is 4.67. The Hall–Kier alpha value is -4.47. The van der Waals surface area contributed by atoms with Crippen LogP contribution in [0.3, 0.4) is 0 Å². The molecule has 0 saturated carbocycles. The highest BCUT2D eigenvalue weighted by atomic mass is 19.4. The number of aryl methyl sites for hydroxylation is 1. The van der Waals surface area contributed by atoms with E-state index >= 15 is 0 Å². The average molecular weight is 537 g/mol. The lowest BCUT2D eigenvalue weighted by Gasteiger charge is -2.26. The van der Waals surface area contributed by atoms with Crippen molar-refractivity contribution in [2.24, 2.45) is 16.6 Å². The van der Waals surface area contributed by atoms with Crippen molar-refractivity contribution in [1.82, 2.24) is 5.32 Å². The zero-order chi connectivity index (χ0) is 28.2. The highest BCUT2D eigenvalue weighted by Gasteiger charge is 2.39. The number of para-hydroxylation sites is 1. The zero-order valence-electron chi connectivity index (χ0n) is 21.0. The van der Waals surface area contributed by atoms with Crippen LogP contribution in [0.5, 0.6) is 0 Å². The molecule has 0 spiro atoms. The zero-order valence-corrected chi connectivity index (χ0v) is 21.0. The van der Waals surface area contributed by atoms with Crippen molar-refractivity contribution in [1.29, 1.82) is 0 Å². The first-order valence-corrected chi connectivity index (χ1v) is 12.3. The summed E-state index contributed by atoms with van der Waals surface area (Å²) in [6.07, 6.45) is -8.07. The van der Waals surface area contributed by atoms with Gasteiger partial charge in [0.25, 0.3) is 5.91 Å². The van der Waals surface area contributed by atoms with Crippen molar-refractivity contribution in [3.8, 4) is 0 Å². The molecule has 0 bridgehead atoms. The average Bonchev–Trinajstić information content (AvgIpc) is 3.04. The molecule has 7 nitrogen and oxygen atoms in total. The molecule has 39 heavy (non-hydrogen) atoms. The molecule has 0 aliphatic carbocycles. The summed E-state index contributed by atoms with van der Waals surface area (Å²) >= 11 is 0. The normalized spacial score (nSPS) is 16.7. The number of primary amides is 1. The molecule has 0 saturated heterocycles. The highest BCUT2D eigenvalue weighted by molar-refractivity contribution is 6.20. The Morgan fingerprint density at radius 3 is 2.26 bits per heavy atom. The van der Waals surface area contributed by atoms with E-state index in [4.69, 9.17) is 5.73 Å². The van der Waals surface area contributed by atoms with Crippen LogP contribution in [0.2, 0.25) is 0 Å². The Morgan fingerprint density at radius 1 is 1.00 bits per heavy atom. The maximum atomic E-state index is 13.6. The molecule has 0 fully saturated rings. The number of alkyl halides is 3. The molecule has 3 aromatic carbocycles. The topological polar surface area (TPSA) is 114 Å². The van der Waals surface area contributed by atoms with Gasteiger partial charge in [-0.05, 0) is 24.5 Å². The van der Waals surface area contributed by atoms with Crippen LogP contribution in [-0.4, -0.2) is 35.8 Å². The third-order valence-corrected chi connectivity index (χ3v) is 6.55. The molecule has 3 amide bonds. The summed E-state index contributed by atoms with van der Waals surface area (Å²) < 4.78 is 39.6. The fraction of sp³-hybridized carbons (Fsp3) is 0.241. The van der Waals surface area contributed by atoms with Gasteiger partial charge in [0.1, 0.15) is 0 Å². The summed E-state index contributed by atoms with van der Waals surface area (Å²) in [6.45, 7) is 1.81. The maximum Gasteiger partial charge on any atom is 0.389 e. The van der Waals surface area contributed by atoms with Crippen LogP contribution in [0.25, 0.3) is 0 Å². The van der Waals surface area contributed by atoms with Crippen LogP contribution in [0.4, 0.5) is 18.9 Å². The first kappa shape index (κ1) is 27.6. The van der Waals surface area contributed by atoms with Crippen molar-refractivity contribution >= 4 is 29.1 Å². The predicted octanol–water partition coefficient (Wildman–Crippen LogP) is 4.45. The third-order valence-electron chi connectivity index (χ3n) is 6.55. The number of hydrogen-bond donors (Lipinski definition) is 3. The number of nitrogens with zero attached hydrogens (tertiary/aromatic N) is 1. The monoisotopic (exact) mass is 536 g/mol. The van der Waals surface area contributed by atoms with Gasteiger partial charge >= 0.3 is 6.18 Å². The summed E-state index contributed by atoms with van der Waals surface area (Å²) in [7, 11) is 0. The van der Waals surface area contributed by atoms with Crippen LogP contribution >= 0.6 is 0 Å². The number of nitrogens with two attached hydrogens (primary N) is 1. The van der Waals surface area contributed by atoms with E-state index in [1.807, 2.05) is 25.1 Å². The summed E-state index contributed by atoms with van der Waals surface area (Å²) in [4.78, 5) is 43.8. The number of hydrogen-bond acceptors (Lipinski definition) is 4. The van der Waals surface area contributed by atoms with Gasteiger partial charge in [-0.2, -0.15) is 13.2 Å². The number of nitrogens with one attached hydrogen (secondary N) is 2. The number of anilines is 1. The van der Waals surface area contributed by atoms with E-state index in [0.717, 1.165) is 5.56 Å². The SMILES string of the molecule is Cc1cccc2c1NC(=O)[C@@H](NC(=O)[C@H](CCC(F)(F)F)[C@@H](C(N)=O)c1ccccc1)N=C2c1ccccc1.